The molecule has 0 amide bonds. The van der Waals surface area contributed by atoms with Crippen LogP contribution in [0.5, 0.6) is 5.75 Å². The Labute approximate surface area is 117 Å². The second-order valence-electron chi connectivity index (χ2n) is 4.62. The lowest BCUT2D eigenvalue weighted by Crippen LogP contribution is -2.08. The van der Waals surface area contributed by atoms with Gasteiger partial charge >= 0.3 is 5.97 Å². The SMILES string of the molecule is CCCn1cncc1COc1c(C)cccc1C(=O)O. The van der Waals surface area contributed by atoms with Gasteiger partial charge in [0.1, 0.15) is 17.9 Å². The lowest BCUT2D eigenvalue weighted by atomic mass is 10.1. The predicted octanol–water partition coefficient (Wildman–Crippen LogP) is 2.88. The number of carboxylic acids is 1. The Hall–Kier alpha value is -2.30. The van der Waals surface area contributed by atoms with E-state index in [0.29, 0.717) is 12.4 Å². The van der Waals surface area contributed by atoms with Gasteiger partial charge in [0.15, 0.2) is 0 Å². The molecule has 1 heterocycles. The fourth-order valence-corrected chi connectivity index (χ4v) is 2.07. The lowest BCUT2D eigenvalue weighted by Gasteiger charge is -2.13. The first-order chi connectivity index (χ1) is 9.63. The normalized spacial score (nSPS) is 10.5. The summed E-state index contributed by atoms with van der Waals surface area (Å²) in [4.78, 5) is 15.3. The van der Waals surface area contributed by atoms with Crippen molar-refractivity contribution in [2.24, 2.45) is 0 Å². The Morgan fingerprint density at radius 1 is 1.45 bits per heavy atom. The fourth-order valence-electron chi connectivity index (χ4n) is 2.07. The number of nitrogens with zero attached hydrogens (tertiary/aromatic N) is 2. The number of benzene rings is 1. The van der Waals surface area contributed by atoms with Gasteiger partial charge in [-0.15, -0.1) is 0 Å². The molecule has 106 valence electrons. The largest absolute Gasteiger partial charge is 0.486 e. The van der Waals surface area contributed by atoms with Gasteiger partial charge in [0, 0.05) is 6.54 Å². The summed E-state index contributed by atoms with van der Waals surface area (Å²) in [7, 11) is 0. The first-order valence-electron chi connectivity index (χ1n) is 6.58. The monoisotopic (exact) mass is 274 g/mol. The Bertz CT molecular complexity index is 605. The number of hydrogen-bond donors (Lipinski definition) is 1. The van der Waals surface area contributed by atoms with Crippen molar-refractivity contribution in [1.82, 2.24) is 9.55 Å². The molecule has 0 bridgehead atoms. The Morgan fingerprint density at radius 2 is 2.25 bits per heavy atom. The molecular weight excluding hydrogens is 256 g/mol. The average Bonchev–Trinajstić information content (AvgIpc) is 2.85. The van der Waals surface area contributed by atoms with Gasteiger partial charge in [-0.25, -0.2) is 9.78 Å². The van der Waals surface area contributed by atoms with Crippen LogP contribution in [0, 0.1) is 6.92 Å². The molecule has 1 aromatic carbocycles. The van der Waals surface area contributed by atoms with Crippen LogP contribution in [-0.4, -0.2) is 20.6 Å². The molecule has 1 N–H and O–H groups in total. The lowest BCUT2D eigenvalue weighted by molar-refractivity contribution is 0.0691. The highest BCUT2D eigenvalue weighted by molar-refractivity contribution is 5.91. The number of carboxylic acid groups (broad SMARTS) is 1. The maximum atomic E-state index is 11.2. The van der Waals surface area contributed by atoms with E-state index in [4.69, 9.17) is 4.74 Å². The molecule has 0 radical (unpaired) electrons. The predicted molar refractivity (Wildman–Crippen MR) is 75.0 cm³/mol. The summed E-state index contributed by atoms with van der Waals surface area (Å²) in [6.45, 7) is 5.11. The number of rotatable bonds is 6. The molecule has 0 aliphatic rings. The van der Waals surface area contributed by atoms with E-state index in [9.17, 15) is 9.90 Å². The van der Waals surface area contributed by atoms with Crippen molar-refractivity contribution in [2.45, 2.75) is 33.4 Å². The second kappa shape index (κ2) is 6.23. The quantitative estimate of drug-likeness (QED) is 0.879. The van der Waals surface area contributed by atoms with E-state index in [0.717, 1.165) is 24.2 Å². The van der Waals surface area contributed by atoms with E-state index in [1.807, 2.05) is 17.6 Å². The van der Waals surface area contributed by atoms with Crippen molar-refractivity contribution in [3.05, 3.63) is 47.5 Å². The summed E-state index contributed by atoms with van der Waals surface area (Å²) >= 11 is 0. The van der Waals surface area contributed by atoms with Crippen molar-refractivity contribution in [2.75, 3.05) is 0 Å². The van der Waals surface area contributed by atoms with Crippen molar-refractivity contribution >= 4 is 5.97 Å². The van der Waals surface area contributed by atoms with Crippen molar-refractivity contribution < 1.29 is 14.6 Å². The third-order valence-corrected chi connectivity index (χ3v) is 3.07. The van der Waals surface area contributed by atoms with Crippen LogP contribution in [0.2, 0.25) is 0 Å². The smallest absolute Gasteiger partial charge is 0.339 e. The van der Waals surface area contributed by atoms with E-state index in [1.165, 1.54) is 0 Å². The van der Waals surface area contributed by atoms with Gasteiger partial charge in [0.2, 0.25) is 0 Å². The molecule has 0 fully saturated rings. The van der Waals surface area contributed by atoms with E-state index in [-0.39, 0.29) is 5.56 Å². The minimum atomic E-state index is -0.981. The Morgan fingerprint density at radius 3 is 2.95 bits per heavy atom. The zero-order valence-corrected chi connectivity index (χ0v) is 11.7. The highest BCUT2D eigenvalue weighted by atomic mass is 16.5. The number of imidazole rings is 1. The number of hydrogen-bond acceptors (Lipinski definition) is 3. The van der Waals surface area contributed by atoms with Gasteiger partial charge in [-0.3, -0.25) is 0 Å². The Balaban J connectivity index is 2.18. The summed E-state index contributed by atoms with van der Waals surface area (Å²) in [6, 6.07) is 5.10. The number of para-hydroxylation sites is 1. The molecule has 2 aromatic rings. The number of aryl methyl sites for hydroxylation is 2. The van der Waals surface area contributed by atoms with Crippen LogP contribution >= 0.6 is 0 Å². The molecule has 0 unspecified atom stereocenters. The molecule has 5 nitrogen and oxygen atoms in total. The van der Waals surface area contributed by atoms with Crippen molar-refractivity contribution in [3.63, 3.8) is 0 Å². The Kier molecular flexibility index (Phi) is 4.40. The van der Waals surface area contributed by atoms with E-state index in [2.05, 4.69) is 11.9 Å². The van der Waals surface area contributed by atoms with E-state index < -0.39 is 5.97 Å². The van der Waals surface area contributed by atoms with Gasteiger partial charge in [-0.2, -0.15) is 0 Å². The average molecular weight is 274 g/mol. The second-order valence-corrected chi connectivity index (χ2v) is 4.62. The number of aromatic nitrogens is 2. The molecular formula is C15H18N2O3. The highest BCUT2D eigenvalue weighted by Crippen LogP contribution is 2.24. The van der Waals surface area contributed by atoms with Crippen LogP contribution in [0.1, 0.15) is 35.0 Å². The molecule has 0 saturated heterocycles. The minimum Gasteiger partial charge on any atom is -0.486 e. The molecule has 20 heavy (non-hydrogen) atoms. The van der Waals surface area contributed by atoms with Crippen LogP contribution in [0.15, 0.2) is 30.7 Å². The standard InChI is InChI=1S/C15H18N2O3/c1-3-7-17-10-16-8-12(17)9-20-14-11(2)5-4-6-13(14)15(18)19/h4-6,8,10H,3,7,9H2,1-2H3,(H,18,19). The van der Waals surface area contributed by atoms with Gasteiger partial charge < -0.3 is 14.4 Å². The van der Waals surface area contributed by atoms with Crippen molar-refractivity contribution in [3.8, 4) is 5.75 Å². The van der Waals surface area contributed by atoms with Crippen LogP contribution in [0.4, 0.5) is 0 Å². The summed E-state index contributed by atoms with van der Waals surface area (Å²) in [5.74, 6) is -0.560. The van der Waals surface area contributed by atoms with Crippen LogP contribution in [-0.2, 0) is 13.2 Å². The topological polar surface area (TPSA) is 64.4 Å². The molecule has 0 saturated carbocycles. The highest BCUT2D eigenvalue weighted by Gasteiger charge is 2.14. The molecule has 1 aromatic heterocycles. The molecule has 0 spiro atoms. The summed E-state index contributed by atoms with van der Waals surface area (Å²) in [5, 5.41) is 9.19. The number of carbonyl (C=O) groups is 1. The molecule has 5 heteroatoms. The number of ether oxygens (including phenoxy) is 1. The zero-order valence-electron chi connectivity index (χ0n) is 11.7. The molecule has 0 aliphatic carbocycles. The van der Waals surface area contributed by atoms with Gasteiger partial charge in [0.05, 0.1) is 18.2 Å². The number of aromatic carboxylic acids is 1. The maximum absolute atomic E-state index is 11.2. The maximum Gasteiger partial charge on any atom is 0.339 e. The molecule has 0 atom stereocenters. The first-order valence-corrected chi connectivity index (χ1v) is 6.58. The van der Waals surface area contributed by atoms with Crippen LogP contribution in [0.3, 0.4) is 0 Å². The zero-order chi connectivity index (χ0) is 14.5. The molecule has 2 rings (SSSR count). The third-order valence-electron chi connectivity index (χ3n) is 3.07. The van der Waals surface area contributed by atoms with Crippen LogP contribution in [0.25, 0.3) is 0 Å². The summed E-state index contributed by atoms with van der Waals surface area (Å²) in [5.41, 5.74) is 1.93. The third kappa shape index (κ3) is 2.99. The van der Waals surface area contributed by atoms with Gasteiger partial charge in [-0.05, 0) is 25.0 Å². The molecule has 0 aliphatic heterocycles. The first kappa shape index (κ1) is 14.1. The van der Waals surface area contributed by atoms with Gasteiger partial charge in [-0.1, -0.05) is 19.1 Å². The van der Waals surface area contributed by atoms with Crippen LogP contribution < -0.4 is 4.74 Å². The van der Waals surface area contributed by atoms with E-state index >= 15 is 0 Å². The fraction of sp³-hybridized carbons (Fsp3) is 0.333. The van der Waals surface area contributed by atoms with Gasteiger partial charge in [0.25, 0.3) is 0 Å². The van der Waals surface area contributed by atoms with Crippen molar-refractivity contribution in [1.29, 1.82) is 0 Å². The summed E-state index contributed by atoms with van der Waals surface area (Å²) < 4.78 is 7.73. The minimum absolute atomic E-state index is 0.187. The van der Waals surface area contributed by atoms with E-state index in [1.54, 1.807) is 24.7 Å². The summed E-state index contributed by atoms with van der Waals surface area (Å²) in [6.07, 6.45) is 4.51.